The molecule has 0 bridgehead atoms. The minimum atomic E-state index is -0.575. The van der Waals surface area contributed by atoms with E-state index in [2.05, 4.69) is 162 Å². The maximum Gasteiger partial charge on any atom is 0.119 e. The van der Waals surface area contributed by atoms with Crippen LogP contribution in [-0.2, 0) is 5.41 Å². The second kappa shape index (κ2) is 14.1. The van der Waals surface area contributed by atoms with Crippen molar-refractivity contribution in [3.63, 3.8) is 0 Å². The first-order valence-corrected chi connectivity index (χ1v) is 19.6. The molecule has 5 heteroatoms. The number of methoxy groups -OCH3 is 3. The average molecular weight is 755 g/mol. The molecule has 0 radical (unpaired) electrons. The zero-order chi connectivity index (χ0) is 39.4. The summed E-state index contributed by atoms with van der Waals surface area (Å²) in [5.41, 5.74) is 17.1. The van der Waals surface area contributed by atoms with Crippen molar-refractivity contribution in [2.24, 2.45) is 0 Å². The lowest BCUT2D eigenvalue weighted by molar-refractivity contribution is 0.414. The van der Waals surface area contributed by atoms with Gasteiger partial charge in [0, 0.05) is 34.1 Å². The van der Waals surface area contributed by atoms with E-state index in [-0.39, 0.29) is 0 Å². The highest BCUT2D eigenvalue weighted by molar-refractivity contribution is 5.97. The van der Waals surface area contributed by atoms with Crippen molar-refractivity contribution in [2.45, 2.75) is 12.3 Å². The maximum absolute atomic E-state index is 5.57. The molecule has 0 saturated heterocycles. The molecule has 0 aliphatic heterocycles. The van der Waals surface area contributed by atoms with E-state index < -0.39 is 5.41 Å². The Labute approximate surface area is 340 Å². The standard InChI is InChI=1S/C53H42N2O3/c1-35-13-15-36(16-14-35)54(37-17-25-42(56-2)26-18-37)40-23-31-47-48-32-24-41(55(38-19-27-43(57-3)28-20-38)39-21-29-44(58-4)30-22-39)34-52(48)53(51(47)33-40)49-11-7-5-9-45(49)46-10-6-8-12-50(46)53/h5-34H,1-4H3. The molecule has 282 valence electrons. The van der Waals surface area contributed by atoms with Crippen molar-refractivity contribution < 1.29 is 14.2 Å². The van der Waals surface area contributed by atoms with Gasteiger partial charge in [-0.2, -0.15) is 0 Å². The highest BCUT2D eigenvalue weighted by atomic mass is 16.5. The fraction of sp³-hybridized carbons (Fsp3) is 0.0943. The van der Waals surface area contributed by atoms with Gasteiger partial charge in [-0.05, 0) is 161 Å². The van der Waals surface area contributed by atoms with E-state index in [1.54, 1.807) is 21.3 Å². The Morgan fingerprint density at radius 1 is 0.328 bits per heavy atom. The zero-order valence-corrected chi connectivity index (χ0v) is 32.9. The molecular formula is C53H42N2O3. The molecule has 0 aromatic heterocycles. The third-order valence-corrected chi connectivity index (χ3v) is 11.9. The van der Waals surface area contributed by atoms with Gasteiger partial charge in [-0.25, -0.2) is 0 Å². The van der Waals surface area contributed by atoms with Crippen molar-refractivity contribution in [3.05, 3.63) is 210 Å². The summed E-state index contributed by atoms with van der Waals surface area (Å²) in [7, 11) is 5.11. The highest BCUT2D eigenvalue weighted by Crippen LogP contribution is 2.64. The number of aryl methyl sites for hydroxylation is 1. The molecule has 2 aliphatic carbocycles. The molecule has 0 fully saturated rings. The summed E-state index contributed by atoms with van der Waals surface area (Å²) in [4.78, 5) is 4.67. The van der Waals surface area contributed by atoms with Crippen LogP contribution in [0, 0.1) is 6.92 Å². The van der Waals surface area contributed by atoms with Crippen LogP contribution in [-0.4, -0.2) is 21.3 Å². The molecule has 2 aliphatic rings. The Morgan fingerprint density at radius 2 is 0.638 bits per heavy atom. The van der Waals surface area contributed by atoms with Gasteiger partial charge < -0.3 is 24.0 Å². The van der Waals surface area contributed by atoms with Crippen LogP contribution in [0.3, 0.4) is 0 Å². The second-order valence-electron chi connectivity index (χ2n) is 14.9. The van der Waals surface area contributed by atoms with E-state index in [0.29, 0.717) is 0 Å². The molecule has 1 spiro atoms. The van der Waals surface area contributed by atoms with Gasteiger partial charge in [0.25, 0.3) is 0 Å². The quantitative estimate of drug-likeness (QED) is 0.147. The van der Waals surface area contributed by atoms with Crippen molar-refractivity contribution in [3.8, 4) is 39.5 Å². The van der Waals surface area contributed by atoms with E-state index in [9.17, 15) is 0 Å². The van der Waals surface area contributed by atoms with Crippen molar-refractivity contribution in [2.75, 3.05) is 31.1 Å². The first kappa shape index (κ1) is 35.2. The minimum Gasteiger partial charge on any atom is -0.497 e. The number of rotatable bonds is 9. The summed E-state index contributed by atoms with van der Waals surface area (Å²) in [6, 6.07) is 65.6. The summed E-state index contributed by atoms with van der Waals surface area (Å²) in [5, 5.41) is 0. The van der Waals surface area contributed by atoms with Crippen LogP contribution in [0.1, 0.15) is 27.8 Å². The Morgan fingerprint density at radius 3 is 1.00 bits per heavy atom. The lowest BCUT2D eigenvalue weighted by Gasteiger charge is -2.33. The first-order valence-electron chi connectivity index (χ1n) is 19.6. The van der Waals surface area contributed by atoms with Gasteiger partial charge in [-0.3, -0.25) is 0 Å². The van der Waals surface area contributed by atoms with Crippen LogP contribution >= 0.6 is 0 Å². The maximum atomic E-state index is 5.57. The normalized spacial score (nSPS) is 12.6. The van der Waals surface area contributed by atoms with Gasteiger partial charge in [0.1, 0.15) is 17.2 Å². The second-order valence-corrected chi connectivity index (χ2v) is 14.9. The van der Waals surface area contributed by atoms with Crippen LogP contribution in [0.4, 0.5) is 34.1 Å². The van der Waals surface area contributed by atoms with Crippen molar-refractivity contribution in [1.29, 1.82) is 0 Å². The topological polar surface area (TPSA) is 34.2 Å². The van der Waals surface area contributed by atoms with Crippen LogP contribution < -0.4 is 24.0 Å². The van der Waals surface area contributed by atoms with E-state index in [4.69, 9.17) is 14.2 Å². The molecule has 8 aromatic carbocycles. The predicted molar refractivity (Wildman–Crippen MR) is 236 cm³/mol. The average Bonchev–Trinajstić information content (AvgIpc) is 3.75. The van der Waals surface area contributed by atoms with Gasteiger partial charge in [0.15, 0.2) is 0 Å². The molecule has 0 atom stereocenters. The predicted octanol–water partition coefficient (Wildman–Crippen LogP) is 13.3. The fourth-order valence-corrected chi connectivity index (χ4v) is 9.18. The molecule has 0 unspecified atom stereocenters. The number of benzene rings is 8. The molecule has 0 saturated carbocycles. The number of ether oxygens (including phenoxy) is 3. The number of anilines is 6. The Balaban J connectivity index is 1.23. The number of hydrogen-bond donors (Lipinski definition) is 0. The lowest BCUT2D eigenvalue weighted by atomic mass is 9.70. The smallest absolute Gasteiger partial charge is 0.119 e. The van der Waals surface area contributed by atoms with Crippen LogP contribution in [0.25, 0.3) is 22.3 Å². The Hall–Kier alpha value is -7.24. The van der Waals surface area contributed by atoms with Gasteiger partial charge in [0.2, 0.25) is 0 Å². The van der Waals surface area contributed by atoms with Gasteiger partial charge >= 0.3 is 0 Å². The van der Waals surface area contributed by atoms with Crippen molar-refractivity contribution >= 4 is 34.1 Å². The molecule has 58 heavy (non-hydrogen) atoms. The summed E-state index contributed by atoms with van der Waals surface area (Å²) in [6.07, 6.45) is 0. The van der Waals surface area contributed by atoms with Crippen LogP contribution in [0.5, 0.6) is 17.2 Å². The Bertz CT molecular complexity index is 2700. The lowest BCUT2D eigenvalue weighted by Crippen LogP contribution is -2.26. The van der Waals surface area contributed by atoms with E-state index in [1.807, 2.05) is 36.4 Å². The summed E-state index contributed by atoms with van der Waals surface area (Å²) in [5.74, 6) is 2.45. The number of nitrogens with zero attached hydrogens (tertiary/aromatic N) is 2. The minimum absolute atomic E-state index is 0.575. The van der Waals surface area contributed by atoms with Crippen molar-refractivity contribution in [1.82, 2.24) is 0 Å². The van der Waals surface area contributed by atoms with Gasteiger partial charge in [0.05, 0.1) is 26.7 Å². The zero-order valence-electron chi connectivity index (χ0n) is 32.9. The fourth-order valence-electron chi connectivity index (χ4n) is 9.18. The molecule has 0 heterocycles. The van der Waals surface area contributed by atoms with E-state index in [1.165, 1.54) is 50.1 Å². The monoisotopic (exact) mass is 754 g/mol. The van der Waals surface area contributed by atoms with Gasteiger partial charge in [-0.15, -0.1) is 0 Å². The molecule has 5 nitrogen and oxygen atoms in total. The Kier molecular flexibility index (Phi) is 8.53. The third kappa shape index (κ3) is 5.46. The summed E-state index contributed by atoms with van der Waals surface area (Å²) in [6.45, 7) is 2.13. The van der Waals surface area contributed by atoms with E-state index in [0.717, 1.165) is 51.4 Å². The first-order chi connectivity index (χ1) is 28.5. The summed E-state index contributed by atoms with van der Waals surface area (Å²) < 4.78 is 16.7. The largest absolute Gasteiger partial charge is 0.497 e. The molecule has 10 rings (SSSR count). The molecule has 0 N–H and O–H groups in total. The molecule has 8 aromatic rings. The molecular weight excluding hydrogens is 713 g/mol. The summed E-state index contributed by atoms with van der Waals surface area (Å²) >= 11 is 0. The number of hydrogen-bond acceptors (Lipinski definition) is 5. The SMILES string of the molecule is COc1ccc(N(c2ccc(C)cc2)c2ccc3c(c2)C2(c4ccccc4-c4ccccc42)c2cc(N(c4ccc(OC)cc4)c4ccc(OC)cc4)ccc2-3)cc1. The highest BCUT2D eigenvalue weighted by Gasteiger charge is 2.52. The molecule has 0 amide bonds. The van der Waals surface area contributed by atoms with Gasteiger partial charge in [-0.1, -0.05) is 78.4 Å². The van der Waals surface area contributed by atoms with Crippen LogP contribution in [0.2, 0.25) is 0 Å². The number of fused-ring (bicyclic) bond motifs is 10. The van der Waals surface area contributed by atoms with E-state index >= 15 is 0 Å². The van der Waals surface area contributed by atoms with Crippen LogP contribution in [0.15, 0.2) is 182 Å². The third-order valence-electron chi connectivity index (χ3n) is 11.9.